The molecule has 2 heterocycles. The number of hydrogen-bond donors (Lipinski definition) is 1. The van der Waals surface area contributed by atoms with Crippen LogP contribution in [0.2, 0.25) is 0 Å². The van der Waals surface area contributed by atoms with Crippen molar-refractivity contribution in [3.05, 3.63) is 49.1 Å². The average molecular weight is 567 g/mol. The minimum Gasteiger partial charge on any atom is -0.462 e. The number of thiophene rings is 1. The number of aromatic nitrogens is 1. The lowest BCUT2D eigenvalue weighted by Gasteiger charge is -2.08. The highest BCUT2D eigenvalue weighted by Crippen LogP contribution is 2.39. The van der Waals surface area contributed by atoms with Crippen LogP contribution in [-0.4, -0.2) is 53.8 Å². The second-order valence-corrected chi connectivity index (χ2v) is 12.4. The minimum atomic E-state index is -4.18. The molecule has 2 aromatic heterocycles. The van der Waals surface area contributed by atoms with E-state index in [0.717, 1.165) is 34.6 Å². The summed E-state index contributed by atoms with van der Waals surface area (Å²) in [6.45, 7) is 1.82. The van der Waals surface area contributed by atoms with Crippen molar-refractivity contribution in [2.24, 2.45) is 12.0 Å². The number of nitro benzene ring substituents is 1. The van der Waals surface area contributed by atoms with Crippen LogP contribution in [0.4, 0.5) is 10.7 Å². The molecular weight excluding hydrogens is 544 g/mol. The molecule has 0 atom stereocenters. The van der Waals surface area contributed by atoms with E-state index < -0.39 is 44.0 Å². The van der Waals surface area contributed by atoms with Crippen LogP contribution in [0.3, 0.4) is 0 Å². The van der Waals surface area contributed by atoms with Gasteiger partial charge in [-0.2, -0.15) is 4.99 Å². The van der Waals surface area contributed by atoms with Gasteiger partial charge in [-0.05, 0) is 37.8 Å². The third-order valence-corrected chi connectivity index (χ3v) is 9.26. The standard InChI is InChI=1S/C22H22N4O8S3/c1-3-34-21(29)19-13-5-4-6-15(13)35-20(19)23-17(27)10-37(32,33)11-18(28)24-22-25(2)14-8-7-12(26(30)31)9-16(14)36-22/h7-9H,3-6,10-11H2,1-2H3,(H,23,27). The number of fused-ring (bicyclic) bond motifs is 2. The molecule has 0 bridgehead atoms. The van der Waals surface area contributed by atoms with Crippen molar-refractivity contribution in [2.45, 2.75) is 26.2 Å². The highest BCUT2D eigenvalue weighted by atomic mass is 32.2. The minimum absolute atomic E-state index is 0.122. The Labute approximate surface area is 218 Å². The van der Waals surface area contributed by atoms with E-state index in [1.807, 2.05) is 0 Å². The number of carbonyl (C=O) groups is 3. The SMILES string of the molecule is CCOC(=O)c1c(NC(=O)CS(=O)(=O)CC(=O)N=c2sc3cc([N+](=O)[O-])ccc3n2C)sc2c1CCC2. The number of ether oxygens (including phenoxy) is 1. The van der Waals surface area contributed by atoms with E-state index in [0.29, 0.717) is 16.6 Å². The van der Waals surface area contributed by atoms with Gasteiger partial charge in [0.2, 0.25) is 5.91 Å². The lowest BCUT2D eigenvalue weighted by atomic mass is 10.1. The van der Waals surface area contributed by atoms with Crippen LogP contribution in [0.5, 0.6) is 0 Å². The fourth-order valence-electron chi connectivity index (χ4n) is 3.99. The molecule has 15 heteroatoms. The topological polar surface area (TPSA) is 167 Å². The van der Waals surface area contributed by atoms with Crippen LogP contribution in [0, 0.1) is 10.1 Å². The maximum absolute atomic E-state index is 12.6. The third kappa shape index (κ3) is 5.78. The Morgan fingerprint density at radius 2 is 1.97 bits per heavy atom. The number of aryl methyl sites for hydroxylation is 2. The van der Waals surface area contributed by atoms with Crippen LogP contribution in [0.25, 0.3) is 10.2 Å². The molecule has 0 fully saturated rings. The predicted molar refractivity (Wildman–Crippen MR) is 138 cm³/mol. The summed E-state index contributed by atoms with van der Waals surface area (Å²) in [4.78, 5) is 52.8. The van der Waals surface area contributed by atoms with E-state index in [2.05, 4.69) is 10.3 Å². The number of thiazole rings is 1. The van der Waals surface area contributed by atoms with E-state index in [1.165, 1.54) is 34.1 Å². The van der Waals surface area contributed by atoms with E-state index in [1.54, 1.807) is 14.0 Å². The van der Waals surface area contributed by atoms with Gasteiger partial charge in [-0.15, -0.1) is 11.3 Å². The van der Waals surface area contributed by atoms with Gasteiger partial charge in [0.1, 0.15) is 16.5 Å². The van der Waals surface area contributed by atoms with Crippen molar-refractivity contribution in [2.75, 3.05) is 23.4 Å². The Bertz CT molecular complexity index is 1610. The van der Waals surface area contributed by atoms with Gasteiger partial charge in [0.05, 0.1) is 27.3 Å². The molecule has 0 saturated heterocycles. The lowest BCUT2D eigenvalue weighted by molar-refractivity contribution is -0.384. The van der Waals surface area contributed by atoms with Crippen LogP contribution in [0.15, 0.2) is 23.2 Å². The zero-order valence-electron chi connectivity index (χ0n) is 19.8. The number of anilines is 1. The first-order valence-corrected chi connectivity index (χ1v) is 14.6. The van der Waals surface area contributed by atoms with Crippen LogP contribution >= 0.6 is 22.7 Å². The molecule has 1 N–H and O–H groups in total. The molecule has 0 spiro atoms. The average Bonchev–Trinajstić information content (AvgIpc) is 3.46. The van der Waals surface area contributed by atoms with E-state index >= 15 is 0 Å². The molecule has 4 rings (SSSR count). The lowest BCUT2D eigenvalue weighted by Crippen LogP contribution is -2.28. The number of amides is 2. The van der Waals surface area contributed by atoms with E-state index in [-0.39, 0.29) is 27.7 Å². The molecule has 3 aromatic rings. The second kappa shape index (κ2) is 10.5. The summed E-state index contributed by atoms with van der Waals surface area (Å²) in [6, 6.07) is 4.18. The van der Waals surface area contributed by atoms with Crippen molar-refractivity contribution in [3.63, 3.8) is 0 Å². The van der Waals surface area contributed by atoms with Gasteiger partial charge in [-0.1, -0.05) is 11.3 Å². The number of carbonyl (C=O) groups excluding carboxylic acids is 3. The molecule has 12 nitrogen and oxygen atoms in total. The number of nitrogens with zero attached hydrogens (tertiary/aromatic N) is 3. The molecule has 0 saturated carbocycles. The van der Waals surface area contributed by atoms with Gasteiger partial charge >= 0.3 is 5.97 Å². The fraction of sp³-hybridized carbons (Fsp3) is 0.364. The number of benzene rings is 1. The molecule has 0 radical (unpaired) electrons. The zero-order valence-corrected chi connectivity index (χ0v) is 22.3. The highest BCUT2D eigenvalue weighted by Gasteiger charge is 2.29. The summed E-state index contributed by atoms with van der Waals surface area (Å²) in [5, 5.41) is 13.7. The largest absolute Gasteiger partial charge is 0.462 e. The molecule has 0 unspecified atom stereocenters. The Balaban J connectivity index is 1.48. The Morgan fingerprint density at radius 3 is 2.68 bits per heavy atom. The first-order chi connectivity index (χ1) is 17.5. The summed E-state index contributed by atoms with van der Waals surface area (Å²) in [7, 11) is -2.58. The van der Waals surface area contributed by atoms with Gasteiger partial charge in [-0.25, -0.2) is 13.2 Å². The van der Waals surface area contributed by atoms with Crippen LogP contribution < -0.4 is 10.1 Å². The number of esters is 1. The molecule has 0 aliphatic heterocycles. The number of rotatable bonds is 8. The Morgan fingerprint density at radius 1 is 1.22 bits per heavy atom. The predicted octanol–water partition coefficient (Wildman–Crippen LogP) is 2.36. The number of nitrogens with one attached hydrogen (secondary N) is 1. The van der Waals surface area contributed by atoms with Gasteiger partial charge in [0.15, 0.2) is 14.6 Å². The molecular formula is C22H22N4O8S3. The zero-order chi connectivity index (χ0) is 26.9. The molecule has 37 heavy (non-hydrogen) atoms. The maximum atomic E-state index is 12.6. The highest BCUT2D eigenvalue weighted by molar-refractivity contribution is 7.92. The molecule has 1 aliphatic rings. The summed E-state index contributed by atoms with van der Waals surface area (Å²) in [6.07, 6.45) is 2.32. The van der Waals surface area contributed by atoms with Crippen molar-refractivity contribution in [3.8, 4) is 0 Å². The van der Waals surface area contributed by atoms with Crippen molar-refractivity contribution in [1.29, 1.82) is 0 Å². The van der Waals surface area contributed by atoms with Crippen molar-refractivity contribution >= 4 is 71.2 Å². The van der Waals surface area contributed by atoms with Gasteiger partial charge in [-0.3, -0.25) is 19.7 Å². The van der Waals surface area contributed by atoms with Gasteiger partial charge < -0.3 is 14.6 Å². The number of nitro groups is 1. The summed E-state index contributed by atoms with van der Waals surface area (Å²) in [5.41, 5.74) is 1.54. The second-order valence-electron chi connectivity index (χ2n) is 8.22. The molecule has 1 aromatic carbocycles. The van der Waals surface area contributed by atoms with Crippen molar-refractivity contribution < 1.29 is 32.5 Å². The molecule has 1 aliphatic carbocycles. The maximum Gasteiger partial charge on any atom is 0.341 e. The smallest absolute Gasteiger partial charge is 0.341 e. The van der Waals surface area contributed by atoms with Gasteiger partial charge in [0.25, 0.3) is 11.6 Å². The number of sulfone groups is 1. The summed E-state index contributed by atoms with van der Waals surface area (Å²) >= 11 is 2.22. The van der Waals surface area contributed by atoms with E-state index in [4.69, 9.17) is 4.74 Å². The quantitative estimate of drug-likeness (QED) is 0.246. The molecule has 2 amide bonds. The summed E-state index contributed by atoms with van der Waals surface area (Å²) < 4.78 is 32.2. The first kappa shape index (κ1) is 26.6. The molecule has 196 valence electrons. The normalized spacial score (nSPS) is 13.5. The Kier molecular flexibility index (Phi) is 7.57. The first-order valence-electron chi connectivity index (χ1n) is 11.1. The third-order valence-electron chi connectivity index (χ3n) is 5.57. The van der Waals surface area contributed by atoms with Crippen LogP contribution in [-0.2, 0) is 44.1 Å². The van der Waals surface area contributed by atoms with E-state index in [9.17, 15) is 32.9 Å². The van der Waals surface area contributed by atoms with Crippen molar-refractivity contribution in [1.82, 2.24) is 4.57 Å². The number of non-ortho nitro benzene ring substituents is 1. The van der Waals surface area contributed by atoms with Gasteiger partial charge in [0, 0.05) is 24.1 Å². The number of hydrogen-bond acceptors (Lipinski definition) is 10. The fourth-order valence-corrected chi connectivity index (χ4v) is 7.37. The Hall–Kier alpha value is -3.43. The summed E-state index contributed by atoms with van der Waals surface area (Å²) in [5.74, 6) is -4.40. The van der Waals surface area contributed by atoms with Crippen LogP contribution in [0.1, 0.15) is 34.1 Å². The monoisotopic (exact) mass is 566 g/mol.